The Morgan fingerprint density at radius 1 is 1.23 bits per heavy atom. The van der Waals surface area contributed by atoms with Crippen LogP contribution in [0.25, 0.3) is 15.9 Å². The lowest BCUT2D eigenvalue weighted by atomic mass is 10.3. The number of hydrogen-bond acceptors (Lipinski definition) is 6. The first-order valence-corrected chi connectivity index (χ1v) is 11.6. The second-order valence-corrected chi connectivity index (χ2v) is 9.04. The molecule has 0 saturated carbocycles. The number of halogens is 2. The van der Waals surface area contributed by atoms with Crippen molar-refractivity contribution >= 4 is 68.1 Å². The number of ether oxygens (including phenoxy) is 1. The molecule has 10 heteroatoms. The Hall–Kier alpha value is -2.52. The Balaban J connectivity index is 1.60. The third-order valence-electron chi connectivity index (χ3n) is 4.28. The molecule has 0 bridgehead atoms. The quantitative estimate of drug-likeness (QED) is 0.285. The van der Waals surface area contributed by atoms with Crippen molar-refractivity contribution in [2.75, 3.05) is 18.2 Å². The van der Waals surface area contributed by atoms with Crippen molar-refractivity contribution in [2.45, 2.75) is 5.16 Å². The van der Waals surface area contributed by atoms with E-state index in [0.717, 1.165) is 11.8 Å². The maximum Gasteiger partial charge on any atom is 0.276 e. The molecule has 2 aromatic carbocycles. The average molecular weight is 492 g/mol. The van der Waals surface area contributed by atoms with Gasteiger partial charge in [-0.25, -0.2) is 4.98 Å². The SMILES string of the molecule is COc1ccc(NC(=O)CSc2nc3ccsc3c(=O)n2-c2cccc(Cl)c2)cc1Cl. The van der Waals surface area contributed by atoms with Gasteiger partial charge in [0.05, 0.1) is 29.1 Å². The molecule has 31 heavy (non-hydrogen) atoms. The van der Waals surface area contributed by atoms with Crippen molar-refractivity contribution in [1.29, 1.82) is 0 Å². The predicted molar refractivity (Wildman–Crippen MR) is 128 cm³/mol. The van der Waals surface area contributed by atoms with Gasteiger partial charge >= 0.3 is 0 Å². The van der Waals surface area contributed by atoms with E-state index >= 15 is 0 Å². The largest absolute Gasteiger partial charge is 0.495 e. The fourth-order valence-electron chi connectivity index (χ4n) is 2.90. The predicted octanol–water partition coefficient (Wildman–Crippen LogP) is 5.49. The minimum Gasteiger partial charge on any atom is -0.495 e. The normalized spacial score (nSPS) is 10.9. The number of nitrogens with zero attached hydrogens (tertiary/aromatic N) is 2. The summed E-state index contributed by atoms with van der Waals surface area (Å²) in [7, 11) is 1.52. The number of nitrogens with one attached hydrogen (secondary N) is 1. The number of benzene rings is 2. The third-order valence-corrected chi connectivity index (χ3v) is 6.64. The first-order valence-electron chi connectivity index (χ1n) is 8.98. The zero-order valence-corrected chi connectivity index (χ0v) is 19.2. The molecule has 0 atom stereocenters. The molecule has 0 spiro atoms. The van der Waals surface area contributed by atoms with E-state index in [0.29, 0.717) is 42.5 Å². The summed E-state index contributed by atoms with van der Waals surface area (Å²) in [6.45, 7) is 0. The van der Waals surface area contributed by atoms with Gasteiger partial charge in [-0.15, -0.1) is 11.3 Å². The van der Waals surface area contributed by atoms with Gasteiger partial charge in [0.2, 0.25) is 5.91 Å². The second kappa shape index (κ2) is 9.32. The van der Waals surface area contributed by atoms with Gasteiger partial charge in [0.1, 0.15) is 10.4 Å². The minimum absolute atomic E-state index is 0.0479. The zero-order chi connectivity index (χ0) is 22.0. The molecule has 6 nitrogen and oxygen atoms in total. The van der Waals surface area contributed by atoms with Crippen molar-refractivity contribution in [3.05, 3.63) is 74.3 Å². The number of amides is 1. The Kier molecular flexibility index (Phi) is 6.52. The maximum absolute atomic E-state index is 13.1. The Bertz CT molecular complexity index is 1340. The van der Waals surface area contributed by atoms with Gasteiger partial charge in [-0.1, -0.05) is 41.0 Å². The van der Waals surface area contributed by atoms with Gasteiger partial charge in [0.15, 0.2) is 5.16 Å². The summed E-state index contributed by atoms with van der Waals surface area (Å²) in [5.41, 5.74) is 1.53. The summed E-state index contributed by atoms with van der Waals surface area (Å²) < 4.78 is 7.14. The van der Waals surface area contributed by atoms with Crippen LogP contribution in [-0.4, -0.2) is 28.3 Å². The fourth-order valence-corrected chi connectivity index (χ4v) is 4.92. The van der Waals surface area contributed by atoms with Crippen LogP contribution in [-0.2, 0) is 4.79 Å². The first-order chi connectivity index (χ1) is 15.0. The summed E-state index contributed by atoms with van der Waals surface area (Å²) in [6.07, 6.45) is 0. The van der Waals surface area contributed by atoms with E-state index in [1.807, 2.05) is 5.38 Å². The number of rotatable bonds is 6. The molecule has 0 aliphatic rings. The minimum atomic E-state index is -0.261. The molecule has 0 saturated heterocycles. The van der Waals surface area contributed by atoms with Gasteiger partial charge in [-0.05, 0) is 47.8 Å². The molecule has 0 fully saturated rings. The van der Waals surface area contributed by atoms with Gasteiger partial charge < -0.3 is 10.1 Å². The van der Waals surface area contributed by atoms with Crippen LogP contribution in [0.1, 0.15) is 0 Å². The molecule has 0 aliphatic carbocycles. The summed E-state index contributed by atoms with van der Waals surface area (Å²) in [6, 6.07) is 13.7. The lowest BCUT2D eigenvalue weighted by molar-refractivity contribution is -0.113. The number of fused-ring (bicyclic) bond motifs is 1. The molecular weight excluding hydrogens is 477 g/mol. The maximum atomic E-state index is 13.1. The van der Waals surface area contributed by atoms with E-state index in [1.165, 1.54) is 23.0 Å². The van der Waals surface area contributed by atoms with Crippen LogP contribution in [0.5, 0.6) is 5.75 Å². The molecule has 0 aliphatic heterocycles. The van der Waals surface area contributed by atoms with Crippen molar-refractivity contribution in [3.8, 4) is 11.4 Å². The number of carbonyl (C=O) groups is 1. The highest BCUT2D eigenvalue weighted by Gasteiger charge is 2.16. The second-order valence-electron chi connectivity index (χ2n) is 6.34. The van der Waals surface area contributed by atoms with Crippen molar-refractivity contribution in [2.24, 2.45) is 0 Å². The van der Waals surface area contributed by atoms with Crippen LogP contribution in [0.3, 0.4) is 0 Å². The topological polar surface area (TPSA) is 73.2 Å². The monoisotopic (exact) mass is 491 g/mol. The van der Waals surface area contributed by atoms with Crippen molar-refractivity contribution in [1.82, 2.24) is 9.55 Å². The number of carbonyl (C=O) groups excluding carboxylic acids is 1. The van der Waals surface area contributed by atoms with Gasteiger partial charge in [0, 0.05) is 10.7 Å². The Morgan fingerprint density at radius 2 is 2.06 bits per heavy atom. The average Bonchev–Trinajstić information content (AvgIpc) is 3.21. The van der Waals surface area contributed by atoms with Gasteiger partial charge in [-0.2, -0.15) is 0 Å². The van der Waals surface area contributed by atoms with Crippen LogP contribution in [0.4, 0.5) is 5.69 Å². The zero-order valence-electron chi connectivity index (χ0n) is 16.1. The Labute approximate surface area is 195 Å². The highest BCUT2D eigenvalue weighted by molar-refractivity contribution is 7.99. The molecular formula is C21H15Cl2N3O3S2. The number of aromatic nitrogens is 2. The third kappa shape index (κ3) is 4.72. The molecule has 4 aromatic rings. The van der Waals surface area contributed by atoms with Crippen molar-refractivity contribution < 1.29 is 9.53 Å². The molecule has 2 heterocycles. The molecule has 0 unspecified atom stereocenters. The first kappa shape index (κ1) is 21.7. The number of anilines is 1. The van der Waals surface area contributed by atoms with E-state index in [4.69, 9.17) is 27.9 Å². The molecule has 2 aromatic heterocycles. The lowest BCUT2D eigenvalue weighted by Crippen LogP contribution is -2.22. The number of hydrogen-bond donors (Lipinski definition) is 1. The number of thiophene rings is 1. The fraction of sp³-hybridized carbons (Fsp3) is 0.0952. The molecule has 1 amide bonds. The van der Waals surface area contributed by atoms with E-state index < -0.39 is 0 Å². The molecule has 0 radical (unpaired) electrons. The van der Waals surface area contributed by atoms with Gasteiger partial charge in [-0.3, -0.25) is 14.2 Å². The number of methoxy groups -OCH3 is 1. The van der Waals surface area contributed by atoms with E-state index in [2.05, 4.69) is 10.3 Å². The van der Waals surface area contributed by atoms with E-state index in [1.54, 1.807) is 48.5 Å². The number of thioether (sulfide) groups is 1. The molecule has 4 rings (SSSR count). The summed E-state index contributed by atoms with van der Waals surface area (Å²) in [5, 5.41) is 5.90. The van der Waals surface area contributed by atoms with Crippen molar-refractivity contribution in [3.63, 3.8) is 0 Å². The van der Waals surface area contributed by atoms with Crippen LogP contribution in [0.15, 0.2) is 63.9 Å². The van der Waals surface area contributed by atoms with Crippen LogP contribution >= 0.6 is 46.3 Å². The molecule has 1 N–H and O–H groups in total. The van der Waals surface area contributed by atoms with E-state index in [-0.39, 0.29) is 17.2 Å². The van der Waals surface area contributed by atoms with Crippen LogP contribution in [0, 0.1) is 0 Å². The Morgan fingerprint density at radius 3 is 2.81 bits per heavy atom. The lowest BCUT2D eigenvalue weighted by Gasteiger charge is -2.12. The highest BCUT2D eigenvalue weighted by Crippen LogP contribution is 2.28. The van der Waals surface area contributed by atoms with Crippen LogP contribution < -0.4 is 15.6 Å². The summed E-state index contributed by atoms with van der Waals surface area (Å²) >= 11 is 14.7. The van der Waals surface area contributed by atoms with Gasteiger partial charge in [0.25, 0.3) is 5.56 Å². The standard InChI is InChI=1S/C21H15Cl2N3O3S2/c1-29-17-6-5-13(10-15(17)23)24-18(27)11-31-21-25-16-7-8-30-19(16)20(28)26(21)14-4-2-3-12(22)9-14/h2-10H,11H2,1H3,(H,24,27). The smallest absolute Gasteiger partial charge is 0.276 e. The highest BCUT2D eigenvalue weighted by atomic mass is 35.5. The van der Waals surface area contributed by atoms with E-state index in [9.17, 15) is 9.59 Å². The van der Waals surface area contributed by atoms with Crippen LogP contribution in [0.2, 0.25) is 10.0 Å². The summed E-state index contributed by atoms with van der Waals surface area (Å²) in [5.74, 6) is 0.308. The summed E-state index contributed by atoms with van der Waals surface area (Å²) in [4.78, 5) is 30.2. The molecule has 158 valence electrons.